The molecule has 1 aromatic carbocycles. The maximum atomic E-state index is 3.73. The van der Waals surface area contributed by atoms with Crippen molar-refractivity contribution in [2.24, 2.45) is 5.92 Å². The van der Waals surface area contributed by atoms with Crippen LogP contribution < -0.4 is 5.32 Å². The van der Waals surface area contributed by atoms with Gasteiger partial charge in [-0.1, -0.05) is 31.5 Å². The van der Waals surface area contributed by atoms with Crippen molar-refractivity contribution in [1.29, 1.82) is 0 Å². The van der Waals surface area contributed by atoms with Crippen LogP contribution in [0.5, 0.6) is 0 Å². The monoisotopic (exact) mass is 247 g/mol. The van der Waals surface area contributed by atoms with Gasteiger partial charge in [0.2, 0.25) is 0 Å². The minimum Gasteiger partial charge on any atom is -0.308 e. The zero-order valence-corrected chi connectivity index (χ0v) is 13.1. The van der Waals surface area contributed by atoms with E-state index in [1.54, 1.807) is 0 Å². The molecule has 0 saturated heterocycles. The first kappa shape index (κ1) is 15.2. The highest BCUT2D eigenvalue weighted by Crippen LogP contribution is 2.24. The van der Waals surface area contributed by atoms with Crippen LogP contribution in [0.4, 0.5) is 0 Å². The molecule has 1 N–H and O–H groups in total. The number of hydrogen-bond acceptors (Lipinski definition) is 1. The topological polar surface area (TPSA) is 12.0 Å². The molecule has 1 aromatic rings. The summed E-state index contributed by atoms with van der Waals surface area (Å²) in [6.45, 7) is 15.7. The third-order valence-corrected chi connectivity index (χ3v) is 3.53. The standard InChI is InChI=1S/C17H29N/c1-11(2)8-15(6)18-16(7)17-13(4)9-12(3)10-14(17)5/h9-11,15-16,18H,8H2,1-7H3. The van der Waals surface area contributed by atoms with E-state index in [0.717, 1.165) is 5.92 Å². The summed E-state index contributed by atoms with van der Waals surface area (Å²) in [4.78, 5) is 0. The van der Waals surface area contributed by atoms with Crippen molar-refractivity contribution in [3.8, 4) is 0 Å². The first-order chi connectivity index (χ1) is 8.31. The van der Waals surface area contributed by atoms with Gasteiger partial charge >= 0.3 is 0 Å². The molecule has 2 atom stereocenters. The Balaban J connectivity index is 2.81. The lowest BCUT2D eigenvalue weighted by molar-refractivity contribution is 0.405. The van der Waals surface area contributed by atoms with Gasteiger partial charge in [-0.25, -0.2) is 0 Å². The molecule has 0 spiro atoms. The second kappa shape index (κ2) is 6.38. The smallest absolute Gasteiger partial charge is 0.0299 e. The van der Waals surface area contributed by atoms with Gasteiger partial charge in [0.1, 0.15) is 0 Å². The Morgan fingerprint density at radius 2 is 1.44 bits per heavy atom. The average Bonchev–Trinajstić information content (AvgIpc) is 2.12. The van der Waals surface area contributed by atoms with Crippen molar-refractivity contribution < 1.29 is 0 Å². The van der Waals surface area contributed by atoms with Gasteiger partial charge in [0.05, 0.1) is 0 Å². The molecule has 0 aliphatic carbocycles. The molecule has 0 aliphatic heterocycles. The van der Waals surface area contributed by atoms with E-state index in [9.17, 15) is 0 Å². The van der Waals surface area contributed by atoms with E-state index in [4.69, 9.17) is 0 Å². The van der Waals surface area contributed by atoms with Gasteiger partial charge in [-0.05, 0) is 63.6 Å². The zero-order chi connectivity index (χ0) is 13.9. The Kier molecular flexibility index (Phi) is 5.40. The number of hydrogen-bond donors (Lipinski definition) is 1. The van der Waals surface area contributed by atoms with Gasteiger partial charge < -0.3 is 5.32 Å². The quantitative estimate of drug-likeness (QED) is 0.795. The third kappa shape index (κ3) is 4.13. The highest BCUT2D eigenvalue weighted by molar-refractivity contribution is 5.39. The van der Waals surface area contributed by atoms with Crippen LogP contribution in [0.2, 0.25) is 0 Å². The predicted octanol–water partition coefficient (Wildman–Crippen LogP) is 4.70. The molecule has 0 aliphatic rings. The maximum absolute atomic E-state index is 3.73. The van der Waals surface area contributed by atoms with E-state index >= 15 is 0 Å². The van der Waals surface area contributed by atoms with Gasteiger partial charge in [-0.3, -0.25) is 0 Å². The molecular weight excluding hydrogens is 218 g/mol. The fourth-order valence-electron chi connectivity index (χ4n) is 3.16. The Morgan fingerprint density at radius 3 is 1.89 bits per heavy atom. The van der Waals surface area contributed by atoms with Crippen molar-refractivity contribution in [2.45, 2.75) is 67.0 Å². The number of aryl methyl sites for hydroxylation is 3. The van der Waals surface area contributed by atoms with E-state index in [-0.39, 0.29) is 0 Å². The van der Waals surface area contributed by atoms with Crippen molar-refractivity contribution in [2.75, 3.05) is 0 Å². The summed E-state index contributed by atoms with van der Waals surface area (Å²) in [5.74, 6) is 0.750. The lowest BCUT2D eigenvalue weighted by atomic mass is 9.94. The zero-order valence-electron chi connectivity index (χ0n) is 13.1. The molecule has 0 heterocycles. The van der Waals surface area contributed by atoms with Gasteiger partial charge in [-0.2, -0.15) is 0 Å². The van der Waals surface area contributed by atoms with E-state index in [1.165, 1.54) is 28.7 Å². The fourth-order valence-corrected chi connectivity index (χ4v) is 3.16. The van der Waals surface area contributed by atoms with E-state index in [0.29, 0.717) is 12.1 Å². The first-order valence-electron chi connectivity index (χ1n) is 7.15. The largest absolute Gasteiger partial charge is 0.308 e. The summed E-state index contributed by atoms with van der Waals surface area (Å²) in [5.41, 5.74) is 5.64. The van der Waals surface area contributed by atoms with Gasteiger partial charge in [0, 0.05) is 12.1 Å². The molecule has 18 heavy (non-hydrogen) atoms. The summed E-state index contributed by atoms with van der Waals surface area (Å²) >= 11 is 0. The Hall–Kier alpha value is -0.820. The summed E-state index contributed by atoms with van der Waals surface area (Å²) in [6, 6.07) is 5.57. The number of benzene rings is 1. The van der Waals surface area contributed by atoms with Crippen LogP contribution >= 0.6 is 0 Å². The van der Waals surface area contributed by atoms with Gasteiger partial charge in [0.25, 0.3) is 0 Å². The molecule has 0 saturated carbocycles. The Bertz CT molecular complexity index is 370. The predicted molar refractivity (Wildman–Crippen MR) is 81.1 cm³/mol. The normalized spacial score (nSPS) is 14.9. The SMILES string of the molecule is Cc1cc(C)c(C(C)NC(C)CC(C)C)c(C)c1. The highest BCUT2D eigenvalue weighted by Gasteiger charge is 2.14. The number of nitrogens with one attached hydrogen (secondary N) is 1. The van der Waals surface area contributed by atoms with Crippen molar-refractivity contribution in [3.05, 3.63) is 34.4 Å². The molecule has 0 bridgehead atoms. The second-order valence-electron chi connectivity index (χ2n) is 6.23. The molecule has 1 nitrogen and oxygen atoms in total. The second-order valence-corrected chi connectivity index (χ2v) is 6.23. The van der Waals surface area contributed by atoms with E-state index in [1.807, 2.05) is 0 Å². The van der Waals surface area contributed by atoms with Crippen LogP contribution in [-0.2, 0) is 0 Å². The van der Waals surface area contributed by atoms with Crippen molar-refractivity contribution in [1.82, 2.24) is 5.32 Å². The Labute approximate surface area is 113 Å². The Morgan fingerprint density at radius 1 is 0.944 bits per heavy atom. The van der Waals surface area contributed by atoms with Gasteiger partial charge in [-0.15, -0.1) is 0 Å². The van der Waals surface area contributed by atoms with E-state index in [2.05, 4.69) is 65.9 Å². The van der Waals surface area contributed by atoms with Crippen molar-refractivity contribution >= 4 is 0 Å². The van der Waals surface area contributed by atoms with Crippen molar-refractivity contribution in [3.63, 3.8) is 0 Å². The molecule has 1 rings (SSSR count). The lowest BCUT2D eigenvalue weighted by Crippen LogP contribution is -2.30. The molecule has 1 heteroatoms. The van der Waals surface area contributed by atoms with Crippen LogP contribution in [0.25, 0.3) is 0 Å². The maximum Gasteiger partial charge on any atom is 0.0299 e. The molecule has 102 valence electrons. The molecule has 0 fully saturated rings. The molecule has 0 radical (unpaired) electrons. The summed E-state index contributed by atoms with van der Waals surface area (Å²) < 4.78 is 0. The average molecular weight is 247 g/mol. The van der Waals surface area contributed by atoms with Crippen LogP contribution in [-0.4, -0.2) is 6.04 Å². The summed E-state index contributed by atoms with van der Waals surface area (Å²) in [7, 11) is 0. The van der Waals surface area contributed by atoms with Crippen LogP contribution in [0, 0.1) is 26.7 Å². The molecule has 0 aromatic heterocycles. The summed E-state index contributed by atoms with van der Waals surface area (Å²) in [6.07, 6.45) is 1.23. The molecule has 2 unspecified atom stereocenters. The minimum atomic E-state index is 0.430. The lowest BCUT2D eigenvalue weighted by Gasteiger charge is -2.24. The summed E-state index contributed by atoms with van der Waals surface area (Å²) in [5, 5.41) is 3.73. The third-order valence-electron chi connectivity index (χ3n) is 3.53. The molecular formula is C17H29N. The molecule has 0 amide bonds. The first-order valence-corrected chi connectivity index (χ1v) is 7.15. The fraction of sp³-hybridized carbons (Fsp3) is 0.647. The van der Waals surface area contributed by atoms with Crippen LogP contribution in [0.3, 0.4) is 0 Å². The van der Waals surface area contributed by atoms with Gasteiger partial charge in [0.15, 0.2) is 0 Å². The number of rotatable bonds is 5. The van der Waals surface area contributed by atoms with Crippen LogP contribution in [0.1, 0.15) is 62.4 Å². The van der Waals surface area contributed by atoms with Crippen LogP contribution in [0.15, 0.2) is 12.1 Å². The highest BCUT2D eigenvalue weighted by atomic mass is 14.9. The van der Waals surface area contributed by atoms with E-state index < -0.39 is 0 Å². The minimum absolute atomic E-state index is 0.430.